The number of nitrogens with one attached hydrogen (secondary N) is 1. The number of halogens is 1. The average Bonchev–Trinajstić information content (AvgIpc) is 2.28. The standard InChI is InChI=1S/C12H17ClN2O2S/c13-9-6-7-12(18(14,16)17)11(8-9)15-10-4-2-1-3-5-10/h6-8,10,15H,1-5H2,(H2,14,16,17). The largest absolute Gasteiger partial charge is 0.381 e. The molecule has 6 heteroatoms. The highest BCUT2D eigenvalue weighted by Crippen LogP contribution is 2.28. The zero-order chi connectivity index (χ0) is 13.2. The Morgan fingerprint density at radius 3 is 2.50 bits per heavy atom. The molecule has 1 aromatic rings. The molecule has 0 amide bonds. The van der Waals surface area contributed by atoms with Gasteiger partial charge < -0.3 is 5.32 Å². The number of primary sulfonamides is 1. The van der Waals surface area contributed by atoms with Gasteiger partial charge >= 0.3 is 0 Å². The fourth-order valence-electron chi connectivity index (χ4n) is 2.33. The average molecular weight is 289 g/mol. The molecular formula is C12H17ClN2O2S. The Kier molecular flexibility index (Phi) is 4.14. The summed E-state index contributed by atoms with van der Waals surface area (Å²) < 4.78 is 23.0. The van der Waals surface area contributed by atoms with E-state index in [1.165, 1.54) is 31.4 Å². The van der Waals surface area contributed by atoms with Gasteiger partial charge in [-0.3, -0.25) is 0 Å². The number of nitrogens with two attached hydrogens (primary N) is 1. The minimum Gasteiger partial charge on any atom is -0.381 e. The first-order chi connectivity index (χ1) is 8.47. The summed E-state index contributed by atoms with van der Waals surface area (Å²) in [6.07, 6.45) is 5.69. The van der Waals surface area contributed by atoms with Crippen LogP contribution in [0, 0.1) is 0 Å². The highest BCUT2D eigenvalue weighted by molar-refractivity contribution is 7.89. The van der Waals surface area contributed by atoms with Crippen LogP contribution in [-0.4, -0.2) is 14.5 Å². The molecule has 0 saturated heterocycles. The summed E-state index contributed by atoms with van der Waals surface area (Å²) in [5.41, 5.74) is 0.511. The van der Waals surface area contributed by atoms with Gasteiger partial charge in [0.1, 0.15) is 4.90 Å². The van der Waals surface area contributed by atoms with Crippen molar-refractivity contribution in [3.63, 3.8) is 0 Å². The fraction of sp³-hybridized carbons (Fsp3) is 0.500. The van der Waals surface area contributed by atoms with Gasteiger partial charge in [-0.1, -0.05) is 30.9 Å². The van der Waals surface area contributed by atoms with Gasteiger partial charge in [0.25, 0.3) is 0 Å². The van der Waals surface area contributed by atoms with E-state index in [1.54, 1.807) is 6.07 Å². The summed E-state index contributed by atoms with van der Waals surface area (Å²) in [4.78, 5) is 0.109. The first kappa shape index (κ1) is 13.6. The van der Waals surface area contributed by atoms with E-state index in [9.17, 15) is 8.42 Å². The van der Waals surface area contributed by atoms with Crippen molar-refractivity contribution in [3.8, 4) is 0 Å². The van der Waals surface area contributed by atoms with E-state index >= 15 is 0 Å². The fourth-order valence-corrected chi connectivity index (χ4v) is 3.18. The van der Waals surface area contributed by atoms with E-state index in [2.05, 4.69) is 5.32 Å². The van der Waals surface area contributed by atoms with Crippen LogP contribution < -0.4 is 10.5 Å². The molecule has 1 saturated carbocycles. The molecule has 0 atom stereocenters. The second-order valence-corrected chi connectivity index (χ2v) is 6.63. The maximum absolute atomic E-state index is 11.5. The van der Waals surface area contributed by atoms with Crippen LogP contribution in [0.4, 0.5) is 5.69 Å². The summed E-state index contributed by atoms with van der Waals surface area (Å²) in [7, 11) is -3.72. The molecule has 0 aromatic heterocycles. The SMILES string of the molecule is NS(=O)(=O)c1ccc(Cl)cc1NC1CCCCC1. The van der Waals surface area contributed by atoms with Crippen LogP contribution in [0.2, 0.25) is 5.02 Å². The molecule has 1 aromatic carbocycles. The molecule has 18 heavy (non-hydrogen) atoms. The van der Waals surface area contributed by atoms with Crippen LogP contribution in [0.5, 0.6) is 0 Å². The highest BCUT2D eigenvalue weighted by Gasteiger charge is 2.18. The maximum atomic E-state index is 11.5. The Labute approximate surface area is 113 Å². The number of anilines is 1. The monoisotopic (exact) mass is 288 g/mol. The Balaban J connectivity index is 2.27. The molecule has 3 N–H and O–H groups in total. The second-order valence-electron chi connectivity index (χ2n) is 4.66. The van der Waals surface area contributed by atoms with Gasteiger partial charge in [0.2, 0.25) is 10.0 Å². The smallest absolute Gasteiger partial charge is 0.240 e. The van der Waals surface area contributed by atoms with Crippen molar-refractivity contribution in [2.45, 2.75) is 43.0 Å². The summed E-state index contributed by atoms with van der Waals surface area (Å²) >= 11 is 5.91. The van der Waals surface area contributed by atoms with E-state index in [0.29, 0.717) is 16.8 Å². The van der Waals surface area contributed by atoms with Crippen molar-refractivity contribution in [2.75, 3.05) is 5.32 Å². The Morgan fingerprint density at radius 2 is 1.89 bits per heavy atom. The van der Waals surface area contributed by atoms with Crippen molar-refractivity contribution < 1.29 is 8.42 Å². The zero-order valence-corrected chi connectivity index (χ0v) is 11.6. The van der Waals surface area contributed by atoms with E-state index < -0.39 is 10.0 Å². The molecule has 1 aliphatic rings. The summed E-state index contributed by atoms with van der Waals surface area (Å²) in [6.45, 7) is 0. The topological polar surface area (TPSA) is 72.2 Å². The molecule has 0 unspecified atom stereocenters. The number of rotatable bonds is 3. The van der Waals surface area contributed by atoms with Crippen molar-refractivity contribution in [3.05, 3.63) is 23.2 Å². The summed E-state index contributed by atoms with van der Waals surface area (Å²) in [5, 5.41) is 8.96. The predicted octanol–water partition coefficient (Wildman–Crippen LogP) is 2.73. The second kappa shape index (κ2) is 5.47. The van der Waals surface area contributed by atoms with E-state index in [4.69, 9.17) is 16.7 Å². The Hall–Kier alpha value is -0.780. The highest BCUT2D eigenvalue weighted by atomic mass is 35.5. The molecule has 2 rings (SSSR count). The lowest BCUT2D eigenvalue weighted by Crippen LogP contribution is -2.24. The number of benzene rings is 1. The number of hydrogen-bond donors (Lipinski definition) is 2. The lowest BCUT2D eigenvalue weighted by molar-refractivity contribution is 0.462. The molecule has 4 nitrogen and oxygen atoms in total. The Bertz CT molecular complexity index is 525. The van der Waals surface area contributed by atoms with Crippen LogP contribution >= 0.6 is 11.6 Å². The van der Waals surface area contributed by atoms with Gasteiger partial charge in [-0.2, -0.15) is 0 Å². The molecule has 0 spiro atoms. The van der Waals surface area contributed by atoms with Crippen molar-refractivity contribution in [2.24, 2.45) is 5.14 Å². The number of hydrogen-bond acceptors (Lipinski definition) is 3. The van der Waals surface area contributed by atoms with Crippen LogP contribution in [0.1, 0.15) is 32.1 Å². The van der Waals surface area contributed by atoms with Gasteiger partial charge in [0.15, 0.2) is 0 Å². The molecule has 0 radical (unpaired) electrons. The molecule has 0 heterocycles. The van der Waals surface area contributed by atoms with Crippen molar-refractivity contribution in [1.82, 2.24) is 0 Å². The maximum Gasteiger partial charge on any atom is 0.240 e. The first-order valence-corrected chi connectivity index (χ1v) is 7.98. The van der Waals surface area contributed by atoms with E-state index in [0.717, 1.165) is 12.8 Å². The lowest BCUT2D eigenvalue weighted by Gasteiger charge is -2.24. The quantitative estimate of drug-likeness (QED) is 0.898. The number of sulfonamides is 1. The van der Waals surface area contributed by atoms with Crippen LogP contribution in [0.15, 0.2) is 23.1 Å². The van der Waals surface area contributed by atoms with Crippen LogP contribution in [0.3, 0.4) is 0 Å². The van der Waals surface area contributed by atoms with Gasteiger partial charge in [0.05, 0.1) is 5.69 Å². The first-order valence-electron chi connectivity index (χ1n) is 6.06. The minimum atomic E-state index is -3.72. The predicted molar refractivity (Wildman–Crippen MR) is 73.3 cm³/mol. The van der Waals surface area contributed by atoms with E-state index in [-0.39, 0.29) is 4.90 Å². The summed E-state index contributed by atoms with van der Waals surface area (Å²) in [6, 6.07) is 4.91. The molecule has 0 bridgehead atoms. The van der Waals surface area contributed by atoms with Gasteiger partial charge in [0, 0.05) is 11.1 Å². The van der Waals surface area contributed by atoms with Gasteiger partial charge in [-0.05, 0) is 31.0 Å². The lowest BCUT2D eigenvalue weighted by atomic mass is 9.95. The normalized spacial score (nSPS) is 17.7. The third-order valence-corrected chi connectivity index (χ3v) is 4.42. The van der Waals surface area contributed by atoms with Crippen molar-refractivity contribution in [1.29, 1.82) is 0 Å². The summed E-state index contributed by atoms with van der Waals surface area (Å²) in [5.74, 6) is 0. The third-order valence-electron chi connectivity index (χ3n) is 3.21. The minimum absolute atomic E-state index is 0.109. The molecule has 1 fully saturated rings. The zero-order valence-electron chi connectivity index (χ0n) is 10.0. The van der Waals surface area contributed by atoms with Crippen LogP contribution in [0.25, 0.3) is 0 Å². The third kappa shape index (κ3) is 3.37. The Morgan fingerprint density at radius 1 is 1.22 bits per heavy atom. The van der Waals surface area contributed by atoms with Gasteiger partial charge in [-0.25, -0.2) is 13.6 Å². The van der Waals surface area contributed by atoms with Crippen LogP contribution in [-0.2, 0) is 10.0 Å². The van der Waals surface area contributed by atoms with Gasteiger partial charge in [-0.15, -0.1) is 0 Å². The molecule has 100 valence electrons. The molecule has 0 aliphatic heterocycles. The van der Waals surface area contributed by atoms with Crippen molar-refractivity contribution >= 4 is 27.3 Å². The molecule has 1 aliphatic carbocycles. The van der Waals surface area contributed by atoms with E-state index in [1.807, 2.05) is 0 Å². The molecular weight excluding hydrogens is 272 g/mol.